The largest absolute Gasteiger partial charge is 0.481 e. The highest BCUT2D eigenvalue weighted by atomic mass is 35.5. The highest BCUT2D eigenvalue weighted by Crippen LogP contribution is 2.45. The van der Waals surface area contributed by atoms with E-state index in [4.69, 9.17) is 23.2 Å². The van der Waals surface area contributed by atoms with Gasteiger partial charge in [-0.25, -0.2) is 0 Å². The van der Waals surface area contributed by atoms with Gasteiger partial charge in [-0.3, -0.25) is 4.79 Å². The van der Waals surface area contributed by atoms with Crippen molar-refractivity contribution in [3.63, 3.8) is 0 Å². The van der Waals surface area contributed by atoms with E-state index in [1.54, 1.807) is 12.2 Å². The molecule has 0 saturated heterocycles. The summed E-state index contributed by atoms with van der Waals surface area (Å²) in [6, 6.07) is 9.77. The van der Waals surface area contributed by atoms with Crippen LogP contribution in [-0.4, -0.2) is 15.3 Å². The van der Waals surface area contributed by atoms with Gasteiger partial charge in [-0.1, -0.05) is 48.0 Å². The molecule has 0 bridgehead atoms. The number of carboxylic acid groups (broad SMARTS) is 1. The van der Waals surface area contributed by atoms with E-state index in [0.29, 0.717) is 10.8 Å². The van der Waals surface area contributed by atoms with Gasteiger partial charge >= 0.3 is 5.97 Å². The second kappa shape index (κ2) is 6.04. The Labute approximate surface area is 126 Å². The zero-order valence-electron chi connectivity index (χ0n) is 9.92. The molecule has 0 fully saturated rings. The summed E-state index contributed by atoms with van der Waals surface area (Å²) in [6.07, 6.45) is 4.71. The van der Waals surface area contributed by atoms with Crippen molar-refractivity contribution in [1.82, 2.24) is 0 Å². The number of hydrogen-bond acceptors (Lipinski definition) is 2. The maximum atomic E-state index is 11.3. The van der Waals surface area contributed by atoms with Crippen LogP contribution in [0.15, 0.2) is 53.6 Å². The van der Waals surface area contributed by atoms with E-state index in [-0.39, 0.29) is 0 Å². The summed E-state index contributed by atoms with van der Waals surface area (Å²) in [4.78, 5) is 11.3. The number of allylic oxidation sites excluding steroid dienone is 2. The topological polar surface area (TPSA) is 37.3 Å². The molecule has 0 heterocycles. The number of carboxylic acids is 1. The lowest BCUT2D eigenvalue weighted by atomic mass is 10.00. The molecule has 1 aliphatic carbocycles. The molecule has 19 heavy (non-hydrogen) atoms. The van der Waals surface area contributed by atoms with E-state index in [9.17, 15) is 9.90 Å². The van der Waals surface area contributed by atoms with Gasteiger partial charge in [0.05, 0.1) is 0 Å². The van der Waals surface area contributed by atoms with Crippen molar-refractivity contribution in [1.29, 1.82) is 0 Å². The highest BCUT2D eigenvalue weighted by molar-refractivity contribution is 8.01. The molecule has 0 unspecified atom stereocenters. The number of halogens is 2. The number of hydrogen-bond donors (Lipinski definition) is 1. The van der Waals surface area contributed by atoms with E-state index in [1.165, 1.54) is 17.8 Å². The molecule has 0 radical (unpaired) electrons. The van der Waals surface area contributed by atoms with Crippen LogP contribution < -0.4 is 0 Å². The van der Waals surface area contributed by atoms with Gasteiger partial charge in [0.15, 0.2) is 0 Å². The molecule has 100 valence electrons. The predicted molar refractivity (Wildman–Crippen MR) is 80.5 cm³/mol. The highest BCUT2D eigenvalue weighted by Gasteiger charge is 2.41. The van der Waals surface area contributed by atoms with Gasteiger partial charge in [0.2, 0.25) is 0 Å². The quantitative estimate of drug-likeness (QED) is 0.844. The normalized spacial score (nSPS) is 26.0. The third-order valence-corrected chi connectivity index (χ3v) is 4.97. The molecular formula is C14H12Cl2O2S. The molecule has 0 aliphatic heterocycles. The lowest BCUT2D eigenvalue weighted by molar-refractivity contribution is -0.140. The number of benzene rings is 1. The van der Waals surface area contributed by atoms with Gasteiger partial charge in [-0.05, 0) is 17.7 Å². The molecule has 2 nitrogen and oxygen atoms in total. The summed E-state index contributed by atoms with van der Waals surface area (Å²) in [5, 5.41) is 9.70. The molecule has 0 aromatic heterocycles. The monoisotopic (exact) mass is 314 g/mol. The molecule has 2 rings (SSSR count). The first-order chi connectivity index (χ1) is 9.01. The number of rotatable bonds is 4. The Kier molecular flexibility index (Phi) is 4.61. The maximum absolute atomic E-state index is 11.3. The van der Waals surface area contributed by atoms with Crippen LogP contribution in [0.4, 0.5) is 0 Å². The average molecular weight is 315 g/mol. The van der Waals surface area contributed by atoms with E-state index >= 15 is 0 Å². The van der Waals surface area contributed by atoms with Crippen molar-refractivity contribution < 1.29 is 9.90 Å². The van der Waals surface area contributed by atoms with E-state index in [0.717, 1.165) is 5.56 Å². The number of carbonyl (C=O) groups is 1. The minimum Gasteiger partial charge on any atom is -0.481 e. The van der Waals surface area contributed by atoms with Gasteiger partial charge < -0.3 is 5.11 Å². The average Bonchev–Trinajstić information content (AvgIpc) is 2.37. The van der Waals surface area contributed by atoms with Gasteiger partial charge in [0.1, 0.15) is 10.1 Å². The van der Waals surface area contributed by atoms with Crippen molar-refractivity contribution in [2.75, 3.05) is 0 Å². The summed E-state index contributed by atoms with van der Waals surface area (Å²) >= 11 is 13.8. The van der Waals surface area contributed by atoms with Gasteiger partial charge in [-0.15, -0.1) is 23.4 Å². The first-order valence-electron chi connectivity index (χ1n) is 5.67. The fourth-order valence-electron chi connectivity index (χ4n) is 1.80. The third-order valence-electron chi connectivity index (χ3n) is 2.78. The Morgan fingerprint density at radius 2 is 2.05 bits per heavy atom. The first kappa shape index (κ1) is 14.5. The smallest absolute Gasteiger partial charge is 0.313 e. The molecule has 1 aromatic rings. The Morgan fingerprint density at radius 1 is 1.37 bits per heavy atom. The SMILES string of the molecule is O=C(O)[C@H]1C=CC(Cl)=C[C@]1(Cl)SCc1ccccc1. The Morgan fingerprint density at radius 3 is 2.68 bits per heavy atom. The molecule has 2 atom stereocenters. The number of aliphatic carboxylic acids is 1. The zero-order valence-corrected chi connectivity index (χ0v) is 12.3. The minimum absolute atomic E-state index is 0.466. The van der Waals surface area contributed by atoms with Crippen LogP contribution in [0.1, 0.15) is 5.56 Å². The molecule has 1 aliphatic rings. The van der Waals surface area contributed by atoms with Crippen LogP contribution in [0.3, 0.4) is 0 Å². The molecule has 0 saturated carbocycles. The van der Waals surface area contributed by atoms with Crippen LogP contribution in [-0.2, 0) is 10.5 Å². The second-order valence-corrected chi connectivity index (χ2v) is 6.72. The fourth-order valence-corrected chi connectivity index (χ4v) is 3.76. The van der Waals surface area contributed by atoms with Crippen molar-refractivity contribution in [2.45, 2.75) is 9.96 Å². The summed E-state index contributed by atoms with van der Waals surface area (Å²) in [5.74, 6) is -1.11. The lowest BCUT2D eigenvalue weighted by Crippen LogP contribution is -2.33. The van der Waals surface area contributed by atoms with Crippen LogP contribution in [0.2, 0.25) is 0 Å². The number of alkyl halides is 1. The second-order valence-electron chi connectivity index (χ2n) is 4.18. The third kappa shape index (κ3) is 3.56. The first-order valence-corrected chi connectivity index (χ1v) is 7.41. The van der Waals surface area contributed by atoms with E-state index < -0.39 is 16.1 Å². The van der Waals surface area contributed by atoms with Crippen molar-refractivity contribution in [2.24, 2.45) is 5.92 Å². The standard InChI is InChI=1S/C14H12Cl2O2S/c15-11-6-7-12(13(17)18)14(16,8-11)19-9-10-4-2-1-3-5-10/h1-8,12H,9H2,(H,17,18)/t12-,14+/m1/s1. The van der Waals surface area contributed by atoms with Crippen LogP contribution in [0.25, 0.3) is 0 Å². The minimum atomic E-state index is -1.05. The zero-order chi connectivity index (χ0) is 13.9. The van der Waals surface area contributed by atoms with Crippen LogP contribution in [0, 0.1) is 5.92 Å². The lowest BCUT2D eigenvalue weighted by Gasteiger charge is -2.30. The molecular weight excluding hydrogens is 303 g/mol. The molecule has 0 amide bonds. The van der Waals surface area contributed by atoms with Crippen molar-refractivity contribution >= 4 is 40.9 Å². The molecule has 0 spiro atoms. The van der Waals surface area contributed by atoms with Crippen LogP contribution in [0.5, 0.6) is 0 Å². The van der Waals surface area contributed by atoms with Crippen molar-refractivity contribution in [3.8, 4) is 0 Å². The summed E-state index contributed by atoms with van der Waals surface area (Å²) in [5.41, 5.74) is 1.09. The van der Waals surface area contributed by atoms with Crippen molar-refractivity contribution in [3.05, 3.63) is 59.2 Å². The summed E-state index contributed by atoms with van der Waals surface area (Å²) in [6.45, 7) is 0. The van der Waals surface area contributed by atoms with E-state index in [1.807, 2.05) is 30.3 Å². The van der Waals surface area contributed by atoms with Gasteiger partial charge in [0.25, 0.3) is 0 Å². The maximum Gasteiger partial charge on any atom is 0.313 e. The molecule has 5 heteroatoms. The fraction of sp³-hybridized carbons (Fsp3) is 0.214. The van der Waals surface area contributed by atoms with Gasteiger partial charge in [0, 0.05) is 10.8 Å². The molecule has 1 N–H and O–H groups in total. The van der Waals surface area contributed by atoms with Gasteiger partial charge in [-0.2, -0.15) is 0 Å². The molecule has 1 aromatic carbocycles. The van der Waals surface area contributed by atoms with E-state index in [2.05, 4.69) is 0 Å². The summed E-state index contributed by atoms with van der Waals surface area (Å²) < 4.78 is -1.05. The number of thioether (sulfide) groups is 1. The van der Waals surface area contributed by atoms with Crippen LogP contribution >= 0.6 is 35.0 Å². The Balaban J connectivity index is 2.15. The predicted octanol–water partition coefficient (Wildman–Crippen LogP) is 4.25. The Hall–Kier alpha value is -0.900. The Bertz CT molecular complexity index is 528. The summed E-state index contributed by atoms with van der Waals surface area (Å²) in [7, 11) is 0.